The van der Waals surface area contributed by atoms with Crippen molar-refractivity contribution in [2.24, 2.45) is 30.7 Å². The summed E-state index contributed by atoms with van der Waals surface area (Å²) in [5.41, 5.74) is 4.50. The lowest BCUT2D eigenvalue weighted by molar-refractivity contribution is -0.634. The topological polar surface area (TPSA) is 38.4 Å². The van der Waals surface area contributed by atoms with E-state index in [0.29, 0.717) is 23.7 Å². The van der Waals surface area contributed by atoms with Crippen molar-refractivity contribution in [3.63, 3.8) is 0 Å². The second-order valence-electron chi connectivity index (χ2n) is 11.8. The number of nitrogens with zero attached hydrogens (tertiary/aromatic N) is 3. The van der Waals surface area contributed by atoms with Gasteiger partial charge in [0.2, 0.25) is 6.04 Å². The Hall–Kier alpha value is -2.82. The van der Waals surface area contributed by atoms with Gasteiger partial charge in [-0.3, -0.25) is 0 Å². The second kappa shape index (κ2) is 9.91. The smallest absolute Gasteiger partial charge is 0.352 e. The zero-order valence-electron chi connectivity index (χ0n) is 22.8. The number of aromatic nitrogens is 2. The van der Waals surface area contributed by atoms with Gasteiger partial charge in [-0.2, -0.15) is 0 Å². The largest absolute Gasteiger partial charge is 0.459 e. The first kappa shape index (κ1) is 24.9. The molecule has 192 valence electrons. The van der Waals surface area contributed by atoms with Crippen LogP contribution in [0.4, 0.5) is 5.69 Å². The summed E-state index contributed by atoms with van der Waals surface area (Å²) in [6.07, 6.45) is 5.52. The number of imidazole rings is 1. The Bertz CT molecular complexity index is 1220. The van der Waals surface area contributed by atoms with Gasteiger partial charge in [0.05, 0.1) is 12.6 Å². The van der Waals surface area contributed by atoms with Crippen molar-refractivity contribution in [3.05, 3.63) is 48.5 Å². The van der Waals surface area contributed by atoms with Crippen molar-refractivity contribution in [2.75, 3.05) is 19.0 Å². The van der Waals surface area contributed by atoms with Crippen molar-refractivity contribution in [1.82, 2.24) is 4.57 Å². The van der Waals surface area contributed by atoms with E-state index in [1.807, 2.05) is 0 Å². The number of benzene rings is 2. The highest BCUT2D eigenvalue weighted by Gasteiger charge is 2.47. The van der Waals surface area contributed by atoms with Crippen LogP contribution in [0.2, 0.25) is 0 Å². The van der Waals surface area contributed by atoms with E-state index < -0.39 is 0 Å². The highest BCUT2D eigenvalue weighted by Crippen LogP contribution is 2.45. The first-order valence-corrected chi connectivity index (χ1v) is 13.7. The number of carbonyl (C=O) groups is 1. The molecule has 1 heterocycles. The van der Waals surface area contributed by atoms with E-state index in [1.54, 1.807) is 0 Å². The van der Waals surface area contributed by atoms with E-state index in [-0.39, 0.29) is 18.1 Å². The summed E-state index contributed by atoms with van der Waals surface area (Å²) in [6, 6.07) is 16.8. The number of aryl methyl sites for hydroxylation is 1. The quantitative estimate of drug-likeness (QED) is 0.296. The molecule has 3 aromatic rings. The van der Waals surface area contributed by atoms with E-state index in [4.69, 9.17) is 4.74 Å². The van der Waals surface area contributed by atoms with Crippen LogP contribution in [0.3, 0.4) is 0 Å². The van der Waals surface area contributed by atoms with Gasteiger partial charge in [-0.25, -0.2) is 13.9 Å². The molecule has 1 aromatic heterocycles. The maximum atomic E-state index is 14.1. The fourth-order valence-electron chi connectivity index (χ4n) is 6.25. The van der Waals surface area contributed by atoms with E-state index in [1.165, 1.54) is 6.42 Å². The van der Waals surface area contributed by atoms with Gasteiger partial charge in [0.25, 0.3) is 5.82 Å². The number of hydrogen-bond acceptors (Lipinski definition) is 3. The van der Waals surface area contributed by atoms with Crippen LogP contribution in [0.15, 0.2) is 48.5 Å². The van der Waals surface area contributed by atoms with Crippen molar-refractivity contribution in [3.8, 4) is 11.4 Å². The second-order valence-corrected chi connectivity index (χ2v) is 11.8. The Morgan fingerprint density at radius 1 is 1.03 bits per heavy atom. The van der Waals surface area contributed by atoms with Crippen LogP contribution in [0.5, 0.6) is 0 Å². The molecule has 0 saturated heterocycles. The van der Waals surface area contributed by atoms with Crippen LogP contribution in [-0.2, 0) is 16.6 Å². The SMILES string of the molecule is CC(C)[C@@H]1CC[C@@H](C)CC1OC(=O)[C@@H](C1CC1)n1c(-c2ccc(N(C)C)cc2)[n+](C)c2ccccc21. The van der Waals surface area contributed by atoms with Gasteiger partial charge in [-0.05, 0) is 79.8 Å². The van der Waals surface area contributed by atoms with Crippen molar-refractivity contribution in [2.45, 2.75) is 65.0 Å². The standard InChI is InChI=1S/C31H42N3O2/c1-20(2)25-18-11-21(3)19-28(25)36-31(35)29(22-12-13-22)34-27-10-8-7-9-26(27)33(6)30(34)23-14-16-24(17-15-23)32(4)5/h7-10,14-17,20-22,25,28-29H,11-13,18-19H2,1-6H3/q+1/t21-,25+,28?,29-/m1/s1. The fourth-order valence-corrected chi connectivity index (χ4v) is 6.25. The highest BCUT2D eigenvalue weighted by molar-refractivity contribution is 5.83. The van der Waals surface area contributed by atoms with E-state index in [9.17, 15) is 4.79 Å². The Kier molecular flexibility index (Phi) is 6.84. The van der Waals surface area contributed by atoms with Crippen molar-refractivity contribution < 1.29 is 14.1 Å². The first-order valence-electron chi connectivity index (χ1n) is 13.7. The number of fused-ring (bicyclic) bond motifs is 1. The number of para-hydroxylation sites is 2. The first-order chi connectivity index (χ1) is 17.3. The number of anilines is 1. The van der Waals surface area contributed by atoms with Crippen LogP contribution >= 0.6 is 0 Å². The number of ether oxygens (including phenoxy) is 1. The normalized spacial score (nSPS) is 23.1. The Balaban J connectivity index is 1.58. The number of rotatable bonds is 7. The lowest BCUT2D eigenvalue weighted by Gasteiger charge is -2.37. The van der Waals surface area contributed by atoms with Gasteiger partial charge in [-0.1, -0.05) is 39.3 Å². The summed E-state index contributed by atoms with van der Waals surface area (Å²) in [5.74, 6) is 2.91. The third kappa shape index (κ3) is 4.65. The minimum absolute atomic E-state index is 0.0147. The maximum Gasteiger partial charge on any atom is 0.352 e. The predicted molar refractivity (Wildman–Crippen MR) is 146 cm³/mol. The number of esters is 1. The highest BCUT2D eigenvalue weighted by atomic mass is 16.5. The van der Waals surface area contributed by atoms with Crippen LogP contribution in [0.25, 0.3) is 22.4 Å². The van der Waals surface area contributed by atoms with Crippen LogP contribution in [0, 0.1) is 23.7 Å². The van der Waals surface area contributed by atoms with Gasteiger partial charge in [0, 0.05) is 25.7 Å². The lowest BCUT2D eigenvalue weighted by Crippen LogP contribution is -2.39. The lowest BCUT2D eigenvalue weighted by atomic mass is 9.75. The summed E-state index contributed by atoms with van der Waals surface area (Å²) in [6.45, 7) is 6.84. The van der Waals surface area contributed by atoms with E-state index in [0.717, 1.165) is 53.8 Å². The fraction of sp³-hybridized carbons (Fsp3) is 0.548. The zero-order chi connectivity index (χ0) is 25.6. The Labute approximate surface area is 216 Å². The molecule has 1 unspecified atom stereocenters. The van der Waals surface area contributed by atoms with Crippen molar-refractivity contribution >= 4 is 22.7 Å². The molecule has 0 aliphatic heterocycles. The monoisotopic (exact) mass is 488 g/mol. The van der Waals surface area contributed by atoms with Gasteiger partial charge < -0.3 is 9.64 Å². The maximum absolute atomic E-state index is 14.1. The molecule has 2 aliphatic rings. The van der Waals surface area contributed by atoms with Gasteiger partial charge in [-0.15, -0.1) is 0 Å². The van der Waals surface area contributed by atoms with E-state index in [2.05, 4.69) is 104 Å². The summed E-state index contributed by atoms with van der Waals surface area (Å²) in [5, 5.41) is 0. The molecule has 2 saturated carbocycles. The van der Waals surface area contributed by atoms with Crippen LogP contribution in [-0.4, -0.2) is 30.7 Å². The third-order valence-electron chi connectivity index (χ3n) is 8.51. The van der Waals surface area contributed by atoms with Crippen LogP contribution < -0.4 is 9.47 Å². The van der Waals surface area contributed by atoms with Gasteiger partial charge in [0.15, 0.2) is 11.0 Å². The Morgan fingerprint density at radius 3 is 2.36 bits per heavy atom. The minimum atomic E-state index is -0.301. The molecule has 0 amide bonds. The molecule has 36 heavy (non-hydrogen) atoms. The molecule has 4 atom stereocenters. The van der Waals surface area contributed by atoms with E-state index >= 15 is 0 Å². The van der Waals surface area contributed by atoms with Gasteiger partial charge in [0.1, 0.15) is 6.10 Å². The average Bonchev–Trinajstić information content (AvgIpc) is 3.64. The molecule has 0 bridgehead atoms. The average molecular weight is 489 g/mol. The molecule has 5 rings (SSSR count). The molecule has 2 aliphatic carbocycles. The predicted octanol–water partition coefficient (Wildman–Crippen LogP) is 6.15. The minimum Gasteiger partial charge on any atom is -0.459 e. The van der Waals surface area contributed by atoms with Crippen molar-refractivity contribution in [1.29, 1.82) is 0 Å². The summed E-state index contributed by atoms with van der Waals surface area (Å²) in [7, 11) is 6.23. The molecule has 0 N–H and O–H groups in total. The molecule has 2 fully saturated rings. The number of hydrogen-bond donors (Lipinski definition) is 0. The summed E-state index contributed by atoms with van der Waals surface area (Å²) < 4.78 is 11.0. The van der Waals surface area contributed by atoms with Gasteiger partial charge >= 0.3 is 5.97 Å². The molecular formula is C31H42N3O2+. The molecule has 2 aromatic carbocycles. The Morgan fingerprint density at radius 2 is 1.72 bits per heavy atom. The van der Waals surface area contributed by atoms with Crippen LogP contribution in [0.1, 0.15) is 58.9 Å². The molecule has 5 nitrogen and oxygen atoms in total. The summed E-state index contributed by atoms with van der Waals surface area (Å²) in [4.78, 5) is 16.2. The molecule has 0 radical (unpaired) electrons. The number of carbonyl (C=O) groups excluding carboxylic acids is 1. The molecule has 0 spiro atoms. The molecular weight excluding hydrogens is 446 g/mol. The third-order valence-corrected chi connectivity index (χ3v) is 8.51. The molecule has 5 heteroatoms. The zero-order valence-corrected chi connectivity index (χ0v) is 22.8. The summed E-state index contributed by atoms with van der Waals surface area (Å²) >= 11 is 0.